The zero-order chi connectivity index (χ0) is 19.6. The Morgan fingerprint density at radius 2 is 2.11 bits per heavy atom. The molecule has 9 heteroatoms. The van der Waals surface area contributed by atoms with Gasteiger partial charge in [-0.1, -0.05) is 12.1 Å². The molecule has 5 nitrogen and oxygen atoms in total. The lowest BCUT2D eigenvalue weighted by molar-refractivity contribution is -0.137. The van der Waals surface area contributed by atoms with Crippen LogP contribution in [0.15, 0.2) is 36.7 Å². The molecule has 0 atom stereocenters. The molecule has 0 unspecified atom stereocenters. The second-order valence-corrected chi connectivity index (χ2v) is 7.03. The van der Waals surface area contributed by atoms with E-state index in [-0.39, 0.29) is 6.61 Å². The molecule has 142 valence electrons. The van der Waals surface area contributed by atoms with E-state index in [4.69, 9.17) is 4.74 Å². The number of carbonyl (C=O) groups excluding carboxylic acids is 1. The van der Waals surface area contributed by atoms with Gasteiger partial charge in [-0.15, -0.1) is 11.3 Å². The summed E-state index contributed by atoms with van der Waals surface area (Å²) in [7, 11) is 0. The van der Waals surface area contributed by atoms with Gasteiger partial charge in [0.15, 0.2) is 0 Å². The Labute approximate surface area is 157 Å². The quantitative estimate of drug-likeness (QED) is 0.595. The number of hydrogen-bond donors (Lipinski definition) is 0. The van der Waals surface area contributed by atoms with Gasteiger partial charge in [0.05, 0.1) is 36.2 Å². The van der Waals surface area contributed by atoms with Crippen LogP contribution in [0.1, 0.15) is 32.7 Å². The Bertz CT molecular complexity index is 963. The van der Waals surface area contributed by atoms with E-state index in [1.807, 2.05) is 6.92 Å². The van der Waals surface area contributed by atoms with Gasteiger partial charge in [0.2, 0.25) is 0 Å². The molecule has 3 rings (SSSR count). The van der Waals surface area contributed by atoms with E-state index in [1.54, 1.807) is 23.9 Å². The van der Waals surface area contributed by atoms with Gasteiger partial charge in [-0.3, -0.25) is 4.68 Å². The number of ether oxygens (including phenoxy) is 1. The van der Waals surface area contributed by atoms with Gasteiger partial charge < -0.3 is 4.74 Å². The van der Waals surface area contributed by atoms with Crippen LogP contribution < -0.4 is 0 Å². The number of nitrogens with zero attached hydrogens (tertiary/aromatic N) is 3. The van der Waals surface area contributed by atoms with E-state index < -0.39 is 17.7 Å². The van der Waals surface area contributed by atoms with Crippen molar-refractivity contribution in [1.29, 1.82) is 0 Å². The normalized spacial score (nSPS) is 11.6. The van der Waals surface area contributed by atoms with Crippen molar-refractivity contribution in [1.82, 2.24) is 14.8 Å². The lowest BCUT2D eigenvalue weighted by atomic mass is 10.1. The number of aromatic nitrogens is 3. The Morgan fingerprint density at radius 1 is 1.33 bits per heavy atom. The van der Waals surface area contributed by atoms with Crippen LogP contribution in [-0.4, -0.2) is 27.3 Å². The van der Waals surface area contributed by atoms with Gasteiger partial charge in [0.1, 0.15) is 5.01 Å². The lowest BCUT2D eigenvalue weighted by Crippen LogP contribution is -2.04. The van der Waals surface area contributed by atoms with Gasteiger partial charge in [-0.05, 0) is 26.0 Å². The largest absolute Gasteiger partial charge is 0.462 e. The van der Waals surface area contributed by atoms with E-state index in [0.717, 1.165) is 17.0 Å². The molecular weight excluding hydrogens is 379 g/mol. The van der Waals surface area contributed by atoms with Crippen LogP contribution in [0.5, 0.6) is 0 Å². The van der Waals surface area contributed by atoms with Gasteiger partial charge in [-0.25, -0.2) is 9.78 Å². The number of rotatable bonds is 5. The lowest BCUT2D eigenvalue weighted by Gasteiger charge is -2.07. The zero-order valence-corrected chi connectivity index (χ0v) is 15.4. The van der Waals surface area contributed by atoms with Crippen molar-refractivity contribution < 1.29 is 22.7 Å². The van der Waals surface area contributed by atoms with Crippen molar-refractivity contribution in [2.45, 2.75) is 26.6 Å². The minimum absolute atomic E-state index is 0.274. The number of halogens is 3. The molecule has 0 radical (unpaired) electrons. The summed E-state index contributed by atoms with van der Waals surface area (Å²) in [6.45, 7) is 4.11. The van der Waals surface area contributed by atoms with Crippen molar-refractivity contribution in [2.24, 2.45) is 0 Å². The molecule has 2 heterocycles. The Hall–Kier alpha value is -2.68. The summed E-state index contributed by atoms with van der Waals surface area (Å²) in [4.78, 5) is 17.0. The van der Waals surface area contributed by atoms with Crippen molar-refractivity contribution in [2.75, 3.05) is 6.61 Å². The van der Waals surface area contributed by atoms with Crippen molar-refractivity contribution >= 4 is 17.3 Å². The summed E-state index contributed by atoms with van der Waals surface area (Å²) in [5.74, 6) is -0.455. The zero-order valence-electron chi connectivity index (χ0n) is 14.6. The molecule has 0 aliphatic carbocycles. The average molecular weight is 395 g/mol. The van der Waals surface area contributed by atoms with E-state index >= 15 is 0 Å². The van der Waals surface area contributed by atoms with Crippen LogP contribution in [0.25, 0.3) is 11.3 Å². The number of benzene rings is 1. The maximum absolute atomic E-state index is 12.9. The van der Waals surface area contributed by atoms with Crippen LogP contribution in [-0.2, 0) is 17.5 Å². The molecule has 0 saturated carbocycles. The number of alkyl halides is 3. The van der Waals surface area contributed by atoms with Crippen LogP contribution >= 0.6 is 11.3 Å². The van der Waals surface area contributed by atoms with Crippen LogP contribution in [0.3, 0.4) is 0 Å². The molecule has 1 aromatic carbocycles. The fourth-order valence-electron chi connectivity index (χ4n) is 2.54. The predicted octanol–water partition coefficient (Wildman–Crippen LogP) is 4.56. The van der Waals surface area contributed by atoms with E-state index in [9.17, 15) is 18.0 Å². The molecule has 3 aromatic rings. The number of aryl methyl sites for hydroxylation is 1. The third kappa shape index (κ3) is 4.36. The highest BCUT2D eigenvalue weighted by molar-refractivity contribution is 7.12. The summed E-state index contributed by atoms with van der Waals surface area (Å²) < 4.78 is 45.3. The van der Waals surface area contributed by atoms with Gasteiger partial charge in [0.25, 0.3) is 0 Å². The van der Waals surface area contributed by atoms with E-state index in [1.165, 1.54) is 23.6 Å². The molecule has 0 saturated heterocycles. The maximum Gasteiger partial charge on any atom is 0.416 e. The molecule has 0 aliphatic rings. The predicted molar refractivity (Wildman–Crippen MR) is 94.6 cm³/mol. The number of carbonyl (C=O) groups is 1. The Morgan fingerprint density at radius 3 is 2.81 bits per heavy atom. The monoisotopic (exact) mass is 395 g/mol. The van der Waals surface area contributed by atoms with E-state index in [2.05, 4.69) is 10.1 Å². The third-order valence-electron chi connectivity index (χ3n) is 3.75. The van der Waals surface area contributed by atoms with Crippen LogP contribution in [0.2, 0.25) is 0 Å². The SMILES string of the molecule is CCOC(=O)c1cnn(Cc2nc(-c3cccc(C(F)(F)F)c3)c(C)s2)c1. The Balaban J connectivity index is 1.82. The molecular formula is C18H16F3N3O2S. The van der Waals surface area contributed by atoms with Gasteiger partial charge in [-0.2, -0.15) is 18.3 Å². The van der Waals surface area contributed by atoms with E-state index in [0.29, 0.717) is 28.4 Å². The first kappa shape index (κ1) is 19.1. The third-order valence-corrected chi connectivity index (χ3v) is 4.70. The summed E-state index contributed by atoms with van der Waals surface area (Å²) >= 11 is 1.38. The summed E-state index contributed by atoms with van der Waals surface area (Å²) in [5.41, 5.74) is 0.555. The van der Waals surface area contributed by atoms with Crippen LogP contribution in [0.4, 0.5) is 13.2 Å². The van der Waals surface area contributed by atoms with Crippen molar-refractivity contribution in [3.63, 3.8) is 0 Å². The minimum Gasteiger partial charge on any atom is -0.462 e. The van der Waals surface area contributed by atoms with Crippen molar-refractivity contribution in [3.05, 3.63) is 57.7 Å². The summed E-state index contributed by atoms with van der Waals surface area (Å²) in [6, 6.07) is 5.11. The fraction of sp³-hybridized carbons (Fsp3) is 0.278. The molecule has 27 heavy (non-hydrogen) atoms. The molecule has 2 aromatic heterocycles. The molecule has 0 N–H and O–H groups in total. The summed E-state index contributed by atoms with van der Waals surface area (Å²) in [5, 5.41) is 4.79. The van der Waals surface area contributed by atoms with Crippen LogP contribution in [0, 0.1) is 6.92 Å². The van der Waals surface area contributed by atoms with Gasteiger partial charge in [0, 0.05) is 16.6 Å². The second-order valence-electron chi connectivity index (χ2n) is 5.74. The Kier molecular flexibility index (Phi) is 5.31. The topological polar surface area (TPSA) is 57.0 Å². The average Bonchev–Trinajstić information content (AvgIpc) is 3.21. The maximum atomic E-state index is 12.9. The number of thiazole rings is 1. The van der Waals surface area contributed by atoms with Gasteiger partial charge >= 0.3 is 12.1 Å². The molecule has 0 aliphatic heterocycles. The number of esters is 1. The standard InChI is InChI=1S/C18H16F3N3O2S/c1-3-26-17(25)13-8-22-24(9-13)10-15-23-16(11(2)27-15)12-5-4-6-14(7-12)18(19,20)21/h4-9H,3,10H2,1-2H3. The first-order valence-corrected chi connectivity index (χ1v) is 8.93. The smallest absolute Gasteiger partial charge is 0.416 e. The highest BCUT2D eigenvalue weighted by Gasteiger charge is 2.30. The fourth-order valence-corrected chi connectivity index (χ4v) is 3.49. The minimum atomic E-state index is -4.40. The molecule has 0 fully saturated rings. The second kappa shape index (κ2) is 7.51. The highest BCUT2D eigenvalue weighted by atomic mass is 32.1. The molecule has 0 bridgehead atoms. The first-order valence-electron chi connectivity index (χ1n) is 8.11. The summed E-state index contributed by atoms with van der Waals surface area (Å²) in [6.07, 6.45) is -1.44. The first-order chi connectivity index (χ1) is 12.8. The van der Waals surface area contributed by atoms with Crippen molar-refractivity contribution in [3.8, 4) is 11.3 Å². The highest BCUT2D eigenvalue weighted by Crippen LogP contribution is 2.34. The molecule has 0 spiro atoms. The number of hydrogen-bond acceptors (Lipinski definition) is 5. The molecule has 0 amide bonds.